The van der Waals surface area contributed by atoms with Crippen LogP contribution in [0.2, 0.25) is 0 Å². The topological polar surface area (TPSA) is 122 Å². The molecule has 3 heterocycles. The number of benzene rings is 2. The van der Waals surface area contributed by atoms with Gasteiger partial charge in [-0.05, 0) is 61.2 Å². The van der Waals surface area contributed by atoms with Gasteiger partial charge >= 0.3 is 6.18 Å². The second kappa shape index (κ2) is 11.2. The minimum Gasteiger partial charge on any atom is -0.455 e. The number of alkyl halides is 3. The van der Waals surface area contributed by atoms with Gasteiger partial charge in [0.25, 0.3) is 15.9 Å². The number of nitrogens with one attached hydrogen (secondary N) is 3. The molecule has 1 aliphatic heterocycles. The van der Waals surface area contributed by atoms with Crippen LogP contribution in [0.1, 0.15) is 28.8 Å². The van der Waals surface area contributed by atoms with Crippen molar-refractivity contribution in [1.82, 2.24) is 14.7 Å². The number of pyridine rings is 1. The lowest BCUT2D eigenvalue weighted by Crippen LogP contribution is -2.31. The molecule has 4 aromatic rings. The maximum atomic E-state index is 13.9. The first-order valence-corrected chi connectivity index (χ1v) is 13.9. The van der Waals surface area contributed by atoms with E-state index in [1.807, 2.05) is 4.72 Å². The summed E-state index contributed by atoms with van der Waals surface area (Å²) in [6.45, 7) is 1.38. The Bertz CT molecular complexity index is 1630. The van der Waals surface area contributed by atoms with E-state index in [9.17, 15) is 26.4 Å². The molecule has 0 bridgehead atoms. The van der Waals surface area contributed by atoms with Crippen molar-refractivity contribution in [2.24, 2.45) is 5.92 Å². The number of hydrogen-bond donors (Lipinski definition) is 3. The van der Waals surface area contributed by atoms with E-state index < -0.39 is 32.6 Å². The number of carbonyl (C=O) groups is 1. The summed E-state index contributed by atoms with van der Waals surface area (Å²) in [7, 11) is -4.67. The summed E-state index contributed by atoms with van der Waals surface area (Å²) in [4.78, 5) is 19.5. The molecule has 13 heteroatoms. The van der Waals surface area contributed by atoms with Crippen LogP contribution in [0.3, 0.4) is 0 Å². The summed E-state index contributed by atoms with van der Waals surface area (Å²) >= 11 is 0. The quantitative estimate of drug-likeness (QED) is 0.260. The summed E-state index contributed by atoms with van der Waals surface area (Å²) in [6, 6.07) is 12.0. The first-order chi connectivity index (χ1) is 19.1. The Labute approximate surface area is 227 Å². The Morgan fingerprint density at radius 1 is 1.10 bits per heavy atom. The third-order valence-corrected chi connectivity index (χ3v) is 7.82. The number of anilines is 1. The Morgan fingerprint density at radius 3 is 2.65 bits per heavy atom. The van der Waals surface area contributed by atoms with Crippen LogP contribution >= 0.6 is 0 Å². The highest BCUT2D eigenvalue weighted by atomic mass is 32.2. The molecule has 0 unspecified atom stereocenters. The van der Waals surface area contributed by atoms with E-state index in [0.717, 1.165) is 30.4 Å². The molecule has 40 heavy (non-hydrogen) atoms. The minimum atomic E-state index is -4.83. The summed E-state index contributed by atoms with van der Waals surface area (Å²) in [5.41, 5.74) is -0.888. The molecular weight excluding hydrogens is 549 g/mol. The Balaban J connectivity index is 1.35. The van der Waals surface area contributed by atoms with Crippen LogP contribution in [0.15, 0.2) is 71.9 Å². The molecule has 0 atom stereocenters. The van der Waals surface area contributed by atoms with Crippen molar-refractivity contribution in [3.8, 4) is 11.5 Å². The lowest BCUT2D eigenvalue weighted by molar-refractivity contribution is -0.137. The molecule has 1 saturated heterocycles. The van der Waals surface area contributed by atoms with Gasteiger partial charge < -0.3 is 19.8 Å². The molecule has 2 aromatic carbocycles. The molecule has 1 fully saturated rings. The van der Waals surface area contributed by atoms with Gasteiger partial charge in [-0.1, -0.05) is 12.1 Å². The monoisotopic (exact) mass is 574 g/mol. The first-order valence-electron chi connectivity index (χ1n) is 12.4. The molecule has 1 aliphatic rings. The molecule has 9 nitrogen and oxygen atoms in total. The van der Waals surface area contributed by atoms with Crippen LogP contribution in [0.5, 0.6) is 11.5 Å². The van der Waals surface area contributed by atoms with E-state index in [2.05, 4.69) is 15.3 Å². The van der Waals surface area contributed by atoms with Crippen molar-refractivity contribution in [1.29, 1.82) is 0 Å². The number of aromatic amines is 1. The summed E-state index contributed by atoms with van der Waals surface area (Å²) in [5, 5.41) is 3.55. The van der Waals surface area contributed by atoms with Gasteiger partial charge in [-0.2, -0.15) is 13.2 Å². The van der Waals surface area contributed by atoms with Crippen LogP contribution < -0.4 is 14.8 Å². The highest BCUT2D eigenvalue weighted by Crippen LogP contribution is 2.37. The number of hydrogen-bond acceptors (Lipinski definition) is 7. The maximum absolute atomic E-state index is 13.9. The van der Waals surface area contributed by atoms with Gasteiger partial charge in [-0.3, -0.25) is 4.79 Å². The number of sulfonamides is 1. The average molecular weight is 575 g/mol. The second-order valence-corrected chi connectivity index (χ2v) is 10.9. The average Bonchev–Trinajstić information content (AvgIpc) is 3.40. The molecule has 0 saturated carbocycles. The maximum Gasteiger partial charge on any atom is 0.418 e. The van der Waals surface area contributed by atoms with E-state index in [1.54, 1.807) is 24.4 Å². The summed E-state index contributed by atoms with van der Waals surface area (Å²) in [6.07, 6.45) is -0.263. The van der Waals surface area contributed by atoms with E-state index in [-0.39, 0.29) is 22.9 Å². The van der Waals surface area contributed by atoms with E-state index in [0.29, 0.717) is 37.2 Å². The van der Waals surface area contributed by atoms with Gasteiger partial charge in [0.2, 0.25) is 0 Å². The van der Waals surface area contributed by atoms with Crippen molar-refractivity contribution < 1.29 is 35.9 Å². The van der Waals surface area contributed by atoms with Gasteiger partial charge in [0, 0.05) is 37.0 Å². The predicted octanol–water partition coefficient (Wildman–Crippen LogP) is 5.33. The number of amides is 1. The molecular formula is C27H25F3N4O5S. The highest BCUT2D eigenvalue weighted by molar-refractivity contribution is 7.90. The number of para-hydroxylation sites is 1. The van der Waals surface area contributed by atoms with Gasteiger partial charge in [-0.15, -0.1) is 0 Å². The van der Waals surface area contributed by atoms with Crippen molar-refractivity contribution in [2.45, 2.75) is 23.9 Å². The normalized spacial score (nSPS) is 14.7. The standard InChI is InChI=1S/C27H25F3N4O5S/c28-27(29,30)22-14-20(5-6-23(22)32-15-17-8-11-38-12-9-17)40(36,37)34-26(35)21-3-1-2-4-24(21)39-19-13-18-7-10-31-25(18)33-16-19/h1-7,10,13-14,16-17,32H,8-9,11-12,15H2,(H,31,33)(H,34,35). The summed E-state index contributed by atoms with van der Waals surface area (Å²) in [5.74, 6) is -0.591. The van der Waals surface area contributed by atoms with E-state index >= 15 is 0 Å². The van der Waals surface area contributed by atoms with Crippen LogP contribution in [0, 0.1) is 5.92 Å². The number of carbonyl (C=O) groups excluding carboxylic acids is 1. The zero-order valence-corrected chi connectivity index (χ0v) is 21.8. The number of fused-ring (bicyclic) bond motifs is 1. The smallest absolute Gasteiger partial charge is 0.418 e. The molecule has 0 aliphatic carbocycles. The molecule has 0 spiro atoms. The van der Waals surface area contributed by atoms with Gasteiger partial charge in [-0.25, -0.2) is 18.1 Å². The van der Waals surface area contributed by atoms with E-state index in [4.69, 9.17) is 9.47 Å². The number of nitrogens with zero attached hydrogens (tertiary/aromatic N) is 1. The third-order valence-electron chi connectivity index (χ3n) is 6.49. The van der Waals surface area contributed by atoms with Gasteiger partial charge in [0.15, 0.2) is 0 Å². The second-order valence-electron chi connectivity index (χ2n) is 9.26. The van der Waals surface area contributed by atoms with Crippen molar-refractivity contribution in [3.63, 3.8) is 0 Å². The Kier molecular flexibility index (Phi) is 7.68. The van der Waals surface area contributed by atoms with Gasteiger partial charge in [0.1, 0.15) is 17.1 Å². The predicted molar refractivity (Wildman–Crippen MR) is 141 cm³/mol. The molecule has 5 rings (SSSR count). The lowest BCUT2D eigenvalue weighted by atomic mass is 10.00. The first kappa shape index (κ1) is 27.5. The van der Waals surface area contributed by atoms with Crippen LogP contribution in [-0.4, -0.2) is 44.1 Å². The van der Waals surface area contributed by atoms with Crippen molar-refractivity contribution in [3.05, 3.63) is 78.1 Å². The summed E-state index contributed by atoms with van der Waals surface area (Å²) < 4.78 is 80.6. The molecule has 0 radical (unpaired) electrons. The minimum absolute atomic E-state index is 0.0375. The number of aromatic nitrogens is 2. The third kappa shape index (κ3) is 6.20. The number of ether oxygens (including phenoxy) is 2. The SMILES string of the molecule is O=C(NS(=O)(=O)c1ccc(NCC2CCOCC2)c(C(F)(F)F)c1)c1ccccc1Oc1cnc2[nH]ccc2c1. The largest absolute Gasteiger partial charge is 0.455 e. The van der Waals surface area contributed by atoms with Crippen molar-refractivity contribution in [2.75, 3.05) is 25.1 Å². The number of H-pyrrole nitrogens is 1. The van der Waals surface area contributed by atoms with Crippen LogP contribution in [0.4, 0.5) is 18.9 Å². The molecule has 1 amide bonds. The highest BCUT2D eigenvalue weighted by Gasteiger charge is 2.35. The molecule has 2 aromatic heterocycles. The fraction of sp³-hybridized carbons (Fsp3) is 0.259. The van der Waals surface area contributed by atoms with Crippen LogP contribution in [-0.2, 0) is 20.9 Å². The fourth-order valence-corrected chi connectivity index (χ4v) is 5.36. The Hall–Kier alpha value is -4.10. The van der Waals surface area contributed by atoms with Crippen LogP contribution in [0.25, 0.3) is 11.0 Å². The van der Waals surface area contributed by atoms with Crippen molar-refractivity contribution >= 4 is 32.7 Å². The Morgan fingerprint density at radius 2 is 1.88 bits per heavy atom. The zero-order valence-electron chi connectivity index (χ0n) is 21.0. The molecule has 3 N–H and O–H groups in total. The number of rotatable bonds is 8. The lowest BCUT2D eigenvalue weighted by Gasteiger charge is -2.24. The van der Waals surface area contributed by atoms with E-state index in [1.165, 1.54) is 24.4 Å². The van der Waals surface area contributed by atoms with Gasteiger partial charge in [0.05, 0.1) is 22.2 Å². The molecule has 210 valence electrons. The number of halogens is 3. The zero-order chi connectivity index (χ0) is 28.3. The fourth-order valence-electron chi connectivity index (χ4n) is 4.37.